The van der Waals surface area contributed by atoms with Gasteiger partial charge in [-0.25, -0.2) is 0 Å². The van der Waals surface area contributed by atoms with Gasteiger partial charge in [0.1, 0.15) is 0 Å². The van der Waals surface area contributed by atoms with Gasteiger partial charge in [0.2, 0.25) is 0 Å². The quantitative estimate of drug-likeness (QED) is 0.830. The molecule has 0 fully saturated rings. The van der Waals surface area contributed by atoms with E-state index in [4.69, 9.17) is 12.2 Å². The number of aryl methyl sites for hydroxylation is 3. The summed E-state index contributed by atoms with van der Waals surface area (Å²) in [6.07, 6.45) is 0. The van der Waals surface area contributed by atoms with E-state index in [2.05, 4.69) is 10.6 Å². The maximum absolute atomic E-state index is 12.2. The number of amides is 1. The number of benzene rings is 2. The van der Waals surface area contributed by atoms with Gasteiger partial charge in [0.05, 0.1) is 0 Å². The summed E-state index contributed by atoms with van der Waals surface area (Å²) in [6.45, 7) is 5.90. The van der Waals surface area contributed by atoms with Crippen molar-refractivity contribution in [2.45, 2.75) is 20.8 Å². The monoisotopic (exact) mass is 298 g/mol. The fourth-order valence-electron chi connectivity index (χ4n) is 2.15. The number of thiocarbonyl (C=S) groups is 1. The van der Waals surface area contributed by atoms with Crippen molar-refractivity contribution in [1.29, 1.82) is 0 Å². The first-order chi connectivity index (χ1) is 9.99. The van der Waals surface area contributed by atoms with Crippen LogP contribution in [0.3, 0.4) is 0 Å². The molecule has 2 aromatic carbocycles. The Morgan fingerprint density at radius 3 is 2.10 bits per heavy atom. The van der Waals surface area contributed by atoms with Crippen LogP contribution in [0, 0.1) is 20.8 Å². The normalized spacial score (nSPS) is 10.0. The second-order valence-electron chi connectivity index (χ2n) is 4.99. The molecule has 0 saturated carbocycles. The fraction of sp³-hybridized carbons (Fsp3) is 0.176. The van der Waals surface area contributed by atoms with E-state index >= 15 is 0 Å². The maximum Gasteiger partial charge on any atom is 0.257 e. The Bertz CT molecular complexity index is 675. The van der Waals surface area contributed by atoms with E-state index in [0.29, 0.717) is 10.7 Å². The molecule has 2 N–H and O–H groups in total. The van der Waals surface area contributed by atoms with Gasteiger partial charge in [-0.15, -0.1) is 0 Å². The molecule has 0 atom stereocenters. The summed E-state index contributed by atoms with van der Waals surface area (Å²) in [5, 5.41) is 6.13. The number of rotatable bonds is 2. The highest BCUT2D eigenvalue weighted by Crippen LogP contribution is 2.19. The molecule has 0 saturated heterocycles. The summed E-state index contributed by atoms with van der Waals surface area (Å²) < 4.78 is 0. The van der Waals surface area contributed by atoms with E-state index in [0.717, 1.165) is 22.4 Å². The lowest BCUT2D eigenvalue weighted by Crippen LogP contribution is -2.34. The van der Waals surface area contributed by atoms with Crippen molar-refractivity contribution in [2.24, 2.45) is 0 Å². The van der Waals surface area contributed by atoms with Gasteiger partial charge in [-0.3, -0.25) is 10.1 Å². The summed E-state index contributed by atoms with van der Waals surface area (Å²) in [7, 11) is 0. The Labute approximate surface area is 130 Å². The smallest absolute Gasteiger partial charge is 0.257 e. The molecule has 0 radical (unpaired) electrons. The molecule has 2 aromatic rings. The van der Waals surface area contributed by atoms with Crippen molar-refractivity contribution in [3.8, 4) is 0 Å². The summed E-state index contributed by atoms with van der Waals surface area (Å²) in [5.41, 5.74) is 4.66. The van der Waals surface area contributed by atoms with Gasteiger partial charge >= 0.3 is 0 Å². The van der Waals surface area contributed by atoms with Crippen LogP contribution in [0.2, 0.25) is 0 Å². The number of carbonyl (C=O) groups is 1. The SMILES string of the molecule is Cc1ccccc1C(=O)NC(=S)Nc1c(C)cccc1C. The van der Waals surface area contributed by atoms with Crippen LogP contribution in [-0.4, -0.2) is 11.0 Å². The molecular formula is C17H18N2OS. The Morgan fingerprint density at radius 2 is 1.48 bits per heavy atom. The molecule has 2 rings (SSSR count). The number of carbonyl (C=O) groups excluding carboxylic acids is 1. The lowest BCUT2D eigenvalue weighted by atomic mass is 10.1. The average molecular weight is 298 g/mol. The average Bonchev–Trinajstić information content (AvgIpc) is 2.43. The van der Waals surface area contributed by atoms with Crippen LogP contribution in [0.4, 0.5) is 5.69 Å². The third kappa shape index (κ3) is 3.67. The van der Waals surface area contributed by atoms with Crippen molar-refractivity contribution in [3.05, 3.63) is 64.7 Å². The first-order valence-electron chi connectivity index (χ1n) is 6.73. The van der Waals surface area contributed by atoms with Crippen LogP contribution >= 0.6 is 12.2 Å². The van der Waals surface area contributed by atoms with E-state index < -0.39 is 0 Å². The predicted octanol–water partition coefficient (Wildman–Crippen LogP) is 3.74. The minimum atomic E-state index is -0.197. The van der Waals surface area contributed by atoms with Crippen LogP contribution in [0.25, 0.3) is 0 Å². The minimum absolute atomic E-state index is 0.197. The highest BCUT2D eigenvalue weighted by Gasteiger charge is 2.11. The lowest BCUT2D eigenvalue weighted by molar-refractivity contribution is 0.0977. The summed E-state index contributed by atoms with van der Waals surface area (Å²) >= 11 is 5.23. The van der Waals surface area contributed by atoms with Crippen molar-refractivity contribution in [2.75, 3.05) is 5.32 Å². The topological polar surface area (TPSA) is 41.1 Å². The van der Waals surface area contributed by atoms with Crippen LogP contribution in [0.1, 0.15) is 27.0 Å². The number of hydrogen-bond acceptors (Lipinski definition) is 2. The molecule has 0 spiro atoms. The maximum atomic E-state index is 12.2. The molecule has 0 aliphatic rings. The molecule has 21 heavy (non-hydrogen) atoms. The lowest BCUT2D eigenvalue weighted by Gasteiger charge is -2.14. The molecule has 0 aliphatic carbocycles. The third-order valence-corrected chi connectivity index (χ3v) is 3.54. The van der Waals surface area contributed by atoms with Crippen molar-refractivity contribution in [3.63, 3.8) is 0 Å². The zero-order valence-corrected chi connectivity index (χ0v) is 13.2. The number of nitrogens with one attached hydrogen (secondary N) is 2. The Balaban J connectivity index is 2.09. The van der Waals surface area contributed by atoms with Gasteiger partial charge in [-0.2, -0.15) is 0 Å². The number of para-hydroxylation sites is 1. The standard InChI is InChI=1S/C17H18N2OS/c1-11-7-4-5-10-14(11)16(20)19-17(21)18-15-12(2)8-6-9-13(15)3/h4-10H,1-3H3,(H2,18,19,20,21). The zero-order valence-electron chi connectivity index (χ0n) is 12.4. The predicted molar refractivity (Wildman–Crippen MR) is 90.8 cm³/mol. The van der Waals surface area contributed by atoms with Crippen molar-refractivity contribution >= 4 is 28.9 Å². The largest absolute Gasteiger partial charge is 0.332 e. The molecule has 4 heteroatoms. The van der Waals surface area contributed by atoms with Gasteiger partial charge in [-0.1, -0.05) is 36.4 Å². The second kappa shape index (κ2) is 6.50. The van der Waals surface area contributed by atoms with E-state index in [1.165, 1.54) is 0 Å². The van der Waals surface area contributed by atoms with Crippen molar-refractivity contribution in [1.82, 2.24) is 5.32 Å². The number of anilines is 1. The summed E-state index contributed by atoms with van der Waals surface area (Å²) in [4.78, 5) is 12.2. The van der Waals surface area contributed by atoms with Gasteiger partial charge in [0, 0.05) is 11.3 Å². The van der Waals surface area contributed by atoms with Crippen LogP contribution in [0.5, 0.6) is 0 Å². The molecule has 3 nitrogen and oxygen atoms in total. The minimum Gasteiger partial charge on any atom is -0.332 e. The van der Waals surface area contributed by atoms with Crippen LogP contribution in [-0.2, 0) is 0 Å². The van der Waals surface area contributed by atoms with E-state index in [-0.39, 0.29) is 5.91 Å². The first kappa shape index (κ1) is 15.2. The third-order valence-electron chi connectivity index (χ3n) is 3.34. The molecule has 108 valence electrons. The molecule has 0 aliphatic heterocycles. The zero-order chi connectivity index (χ0) is 15.4. The van der Waals surface area contributed by atoms with Crippen LogP contribution in [0.15, 0.2) is 42.5 Å². The highest BCUT2D eigenvalue weighted by atomic mass is 32.1. The molecule has 0 unspecified atom stereocenters. The summed E-state index contributed by atoms with van der Waals surface area (Å²) in [6, 6.07) is 13.4. The fourth-order valence-corrected chi connectivity index (χ4v) is 2.35. The van der Waals surface area contributed by atoms with E-state index in [9.17, 15) is 4.79 Å². The molecular weight excluding hydrogens is 280 g/mol. The molecule has 1 amide bonds. The van der Waals surface area contributed by atoms with Crippen LogP contribution < -0.4 is 10.6 Å². The van der Waals surface area contributed by atoms with Gasteiger partial charge in [-0.05, 0) is 55.7 Å². The first-order valence-corrected chi connectivity index (χ1v) is 7.14. The van der Waals surface area contributed by atoms with Gasteiger partial charge < -0.3 is 5.32 Å². The number of hydrogen-bond donors (Lipinski definition) is 2. The van der Waals surface area contributed by atoms with Gasteiger partial charge in [0.15, 0.2) is 5.11 Å². The molecule has 0 bridgehead atoms. The second-order valence-corrected chi connectivity index (χ2v) is 5.40. The molecule has 0 heterocycles. The van der Waals surface area contributed by atoms with Crippen molar-refractivity contribution < 1.29 is 4.79 Å². The van der Waals surface area contributed by atoms with Gasteiger partial charge in [0.25, 0.3) is 5.91 Å². The Kier molecular flexibility index (Phi) is 4.70. The Morgan fingerprint density at radius 1 is 0.905 bits per heavy atom. The van der Waals surface area contributed by atoms with E-state index in [1.54, 1.807) is 6.07 Å². The molecule has 0 aromatic heterocycles. The van der Waals surface area contributed by atoms with E-state index in [1.807, 2.05) is 57.2 Å². The summed E-state index contributed by atoms with van der Waals surface area (Å²) in [5.74, 6) is -0.197. The Hall–Kier alpha value is -2.20. The highest BCUT2D eigenvalue weighted by molar-refractivity contribution is 7.80.